The topological polar surface area (TPSA) is 47.7 Å². The van der Waals surface area contributed by atoms with Crippen molar-refractivity contribution in [3.8, 4) is 0 Å². The molecule has 0 aliphatic rings. The Morgan fingerprint density at radius 2 is 1.76 bits per heavy atom. The summed E-state index contributed by atoms with van der Waals surface area (Å²) >= 11 is 0. The van der Waals surface area contributed by atoms with Crippen LogP contribution in [-0.4, -0.2) is 19.6 Å². The van der Waals surface area contributed by atoms with E-state index in [1.54, 1.807) is 0 Å². The molecule has 1 N–H and O–H groups in total. The second-order valence-electron chi connectivity index (χ2n) is 5.46. The second-order valence-corrected chi connectivity index (χ2v) is 5.46. The average molecular weight is 283 g/mol. The summed E-state index contributed by atoms with van der Waals surface area (Å²) in [7, 11) is 3.97. The molecule has 0 bridgehead atoms. The lowest BCUT2D eigenvalue weighted by atomic mass is 10.2. The van der Waals surface area contributed by atoms with E-state index in [9.17, 15) is 0 Å². The Bertz CT molecular complexity index is 781. The number of nitrogens with zero attached hydrogens (tertiary/aromatic N) is 4. The number of para-hydroxylation sites is 1. The van der Waals surface area contributed by atoms with Crippen LogP contribution in [0.5, 0.6) is 0 Å². The summed E-state index contributed by atoms with van der Waals surface area (Å²) in [5.41, 5.74) is 5.84. The van der Waals surface area contributed by atoms with Crippen LogP contribution in [0, 0.1) is 13.8 Å². The number of hydrogen-bond acceptors (Lipinski definition) is 3. The van der Waals surface area contributed by atoms with Crippen LogP contribution in [-0.2, 0) is 27.2 Å². The maximum atomic E-state index is 4.60. The van der Waals surface area contributed by atoms with Gasteiger partial charge in [0.25, 0.3) is 0 Å². The molecule has 0 aliphatic carbocycles. The van der Waals surface area contributed by atoms with Crippen molar-refractivity contribution in [1.82, 2.24) is 24.9 Å². The van der Waals surface area contributed by atoms with Crippen LogP contribution < -0.4 is 5.32 Å². The zero-order valence-electron chi connectivity index (χ0n) is 13.0. The number of aryl methyl sites for hydroxylation is 3. The Kier molecular flexibility index (Phi) is 3.51. The highest BCUT2D eigenvalue weighted by molar-refractivity contribution is 5.81. The van der Waals surface area contributed by atoms with Crippen molar-refractivity contribution < 1.29 is 0 Å². The first-order valence-electron chi connectivity index (χ1n) is 7.18. The molecular weight excluding hydrogens is 262 g/mol. The number of benzene rings is 1. The van der Waals surface area contributed by atoms with Crippen molar-refractivity contribution in [3.63, 3.8) is 0 Å². The van der Waals surface area contributed by atoms with E-state index in [4.69, 9.17) is 0 Å². The lowest BCUT2D eigenvalue weighted by Crippen LogP contribution is -2.14. The van der Waals surface area contributed by atoms with E-state index in [0.717, 1.165) is 24.5 Å². The Hall–Kier alpha value is -2.14. The first-order chi connectivity index (χ1) is 10.1. The van der Waals surface area contributed by atoms with Gasteiger partial charge in [-0.1, -0.05) is 18.2 Å². The fourth-order valence-corrected chi connectivity index (χ4v) is 2.80. The van der Waals surface area contributed by atoms with E-state index in [-0.39, 0.29) is 0 Å². The van der Waals surface area contributed by atoms with Gasteiger partial charge in [-0.05, 0) is 19.9 Å². The largest absolute Gasteiger partial charge is 0.307 e. The van der Waals surface area contributed by atoms with Crippen molar-refractivity contribution in [2.75, 3.05) is 0 Å². The van der Waals surface area contributed by atoms with Gasteiger partial charge in [0.15, 0.2) is 0 Å². The summed E-state index contributed by atoms with van der Waals surface area (Å²) < 4.78 is 3.87. The van der Waals surface area contributed by atoms with Gasteiger partial charge in [-0.25, -0.2) is 0 Å². The number of rotatable bonds is 4. The molecule has 0 fully saturated rings. The van der Waals surface area contributed by atoms with E-state index in [1.807, 2.05) is 29.5 Å². The Balaban J connectivity index is 1.75. The summed E-state index contributed by atoms with van der Waals surface area (Å²) in [4.78, 5) is 0. The van der Waals surface area contributed by atoms with E-state index in [1.165, 1.54) is 22.2 Å². The standard InChI is InChI=1S/C16H21N5/c1-11-14(12(2)20(3)18-11)9-17-10-15-13-7-5-6-8-16(13)21(4)19-15/h5-8,17H,9-10H2,1-4H3. The van der Waals surface area contributed by atoms with E-state index in [2.05, 4.69) is 47.6 Å². The van der Waals surface area contributed by atoms with Crippen molar-refractivity contribution >= 4 is 10.9 Å². The Morgan fingerprint density at radius 1 is 1.00 bits per heavy atom. The van der Waals surface area contributed by atoms with Crippen molar-refractivity contribution in [2.24, 2.45) is 14.1 Å². The molecule has 2 aromatic heterocycles. The van der Waals surface area contributed by atoms with Gasteiger partial charge in [-0.3, -0.25) is 9.36 Å². The molecule has 0 radical (unpaired) electrons. The highest BCUT2D eigenvalue weighted by Gasteiger charge is 2.10. The van der Waals surface area contributed by atoms with Gasteiger partial charge < -0.3 is 5.32 Å². The first kappa shape index (κ1) is 13.8. The summed E-state index contributed by atoms with van der Waals surface area (Å²) in [6, 6.07) is 8.33. The third kappa shape index (κ3) is 2.45. The van der Waals surface area contributed by atoms with Gasteiger partial charge >= 0.3 is 0 Å². The van der Waals surface area contributed by atoms with Crippen LogP contribution in [0.15, 0.2) is 24.3 Å². The predicted octanol–water partition coefficient (Wildman–Crippen LogP) is 2.21. The molecule has 0 aliphatic heterocycles. The number of aromatic nitrogens is 4. The quantitative estimate of drug-likeness (QED) is 0.798. The molecule has 3 rings (SSSR count). The average Bonchev–Trinajstić information content (AvgIpc) is 2.91. The number of nitrogens with one attached hydrogen (secondary N) is 1. The normalized spacial score (nSPS) is 11.4. The van der Waals surface area contributed by atoms with Crippen molar-refractivity contribution in [3.05, 3.63) is 46.9 Å². The van der Waals surface area contributed by atoms with Crippen molar-refractivity contribution in [2.45, 2.75) is 26.9 Å². The first-order valence-corrected chi connectivity index (χ1v) is 7.18. The molecule has 3 aromatic rings. The smallest absolute Gasteiger partial charge is 0.0841 e. The third-order valence-electron chi connectivity index (χ3n) is 4.09. The van der Waals surface area contributed by atoms with E-state index < -0.39 is 0 Å². The fourth-order valence-electron chi connectivity index (χ4n) is 2.80. The third-order valence-corrected chi connectivity index (χ3v) is 4.09. The molecule has 0 atom stereocenters. The molecule has 1 aromatic carbocycles. The zero-order chi connectivity index (χ0) is 15.0. The zero-order valence-corrected chi connectivity index (χ0v) is 13.0. The molecule has 2 heterocycles. The molecule has 0 saturated carbocycles. The van der Waals surface area contributed by atoms with Crippen LogP contribution in [0.1, 0.15) is 22.6 Å². The van der Waals surface area contributed by atoms with E-state index >= 15 is 0 Å². The van der Waals surface area contributed by atoms with Gasteiger partial charge in [0.1, 0.15) is 0 Å². The molecule has 0 saturated heterocycles. The minimum absolute atomic E-state index is 0.759. The number of hydrogen-bond donors (Lipinski definition) is 1. The maximum Gasteiger partial charge on any atom is 0.0841 e. The minimum atomic E-state index is 0.759. The van der Waals surface area contributed by atoms with Crippen LogP contribution >= 0.6 is 0 Å². The Morgan fingerprint density at radius 3 is 2.48 bits per heavy atom. The van der Waals surface area contributed by atoms with Crippen LogP contribution in [0.3, 0.4) is 0 Å². The van der Waals surface area contributed by atoms with Crippen molar-refractivity contribution in [1.29, 1.82) is 0 Å². The fraction of sp³-hybridized carbons (Fsp3) is 0.375. The highest BCUT2D eigenvalue weighted by Crippen LogP contribution is 2.17. The molecule has 0 unspecified atom stereocenters. The van der Waals surface area contributed by atoms with E-state index in [0.29, 0.717) is 0 Å². The molecule has 21 heavy (non-hydrogen) atoms. The van der Waals surface area contributed by atoms with Crippen LogP contribution in [0.25, 0.3) is 10.9 Å². The van der Waals surface area contributed by atoms with Gasteiger partial charge in [0.2, 0.25) is 0 Å². The lowest BCUT2D eigenvalue weighted by Gasteiger charge is -2.04. The molecule has 0 spiro atoms. The highest BCUT2D eigenvalue weighted by atomic mass is 15.3. The van der Waals surface area contributed by atoms with Gasteiger partial charge in [-0.15, -0.1) is 0 Å². The minimum Gasteiger partial charge on any atom is -0.307 e. The van der Waals surface area contributed by atoms with Gasteiger partial charge in [0.05, 0.1) is 16.9 Å². The summed E-state index contributed by atoms with van der Waals surface area (Å²) in [5.74, 6) is 0. The second kappa shape index (κ2) is 5.33. The predicted molar refractivity (Wildman–Crippen MR) is 83.9 cm³/mol. The number of fused-ring (bicyclic) bond motifs is 1. The molecule has 5 heteroatoms. The maximum absolute atomic E-state index is 4.60. The summed E-state index contributed by atoms with van der Waals surface area (Å²) in [6.45, 7) is 5.74. The van der Waals surface area contributed by atoms with Gasteiger partial charge in [0, 0.05) is 43.8 Å². The molecule has 5 nitrogen and oxygen atoms in total. The summed E-state index contributed by atoms with van der Waals surface area (Å²) in [5, 5.41) is 13.8. The molecular formula is C16H21N5. The summed E-state index contributed by atoms with van der Waals surface area (Å²) in [6.07, 6.45) is 0. The monoisotopic (exact) mass is 283 g/mol. The SMILES string of the molecule is Cc1nn(C)c(C)c1CNCc1nn(C)c2ccccc12. The van der Waals surface area contributed by atoms with Crippen LogP contribution in [0.4, 0.5) is 0 Å². The Labute approximate surface area is 124 Å². The van der Waals surface area contributed by atoms with Gasteiger partial charge in [-0.2, -0.15) is 10.2 Å². The lowest BCUT2D eigenvalue weighted by molar-refractivity contribution is 0.656. The molecule has 0 amide bonds. The molecule has 110 valence electrons. The van der Waals surface area contributed by atoms with Crippen LogP contribution in [0.2, 0.25) is 0 Å².